The maximum atomic E-state index is 12.1. The van der Waals surface area contributed by atoms with Gasteiger partial charge in [-0.3, -0.25) is 10.2 Å². The maximum absolute atomic E-state index is 12.1. The normalized spacial score (nSPS) is 19.4. The third-order valence-corrected chi connectivity index (χ3v) is 4.47. The number of allylic oxidation sites excluding steroid dienone is 2. The number of carbonyl (C=O) groups is 1. The summed E-state index contributed by atoms with van der Waals surface area (Å²) in [6.07, 6.45) is -3.06. The predicted molar refractivity (Wildman–Crippen MR) is 76.6 cm³/mol. The Morgan fingerprint density at radius 2 is 2.30 bits per heavy atom. The Labute approximate surface area is 127 Å². The Hall–Kier alpha value is -0.800. The molecule has 0 radical (unpaired) electrons. The molecule has 4 nitrogen and oxygen atoms in total. The summed E-state index contributed by atoms with van der Waals surface area (Å²) < 4.78 is 36.9. The van der Waals surface area contributed by atoms with Crippen LogP contribution in [0.25, 0.3) is 0 Å². The molecule has 0 saturated heterocycles. The molecule has 10 heteroatoms. The van der Waals surface area contributed by atoms with E-state index >= 15 is 0 Å². The summed E-state index contributed by atoms with van der Waals surface area (Å²) in [4.78, 5) is 11.2. The fourth-order valence-corrected chi connectivity index (χ4v) is 3.69. The van der Waals surface area contributed by atoms with Crippen molar-refractivity contribution >= 4 is 46.1 Å². The minimum Gasteiger partial charge on any atom is -0.363 e. The van der Waals surface area contributed by atoms with Gasteiger partial charge in [0.1, 0.15) is 11.4 Å². The second kappa shape index (κ2) is 7.28. The van der Waals surface area contributed by atoms with E-state index in [-0.39, 0.29) is 5.70 Å². The van der Waals surface area contributed by atoms with Crippen LogP contribution in [0.2, 0.25) is 0 Å². The van der Waals surface area contributed by atoms with Crippen LogP contribution in [0.5, 0.6) is 0 Å². The summed E-state index contributed by atoms with van der Waals surface area (Å²) in [6.45, 7) is 1.90. The molecule has 1 unspecified atom stereocenters. The molecule has 0 aromatic rings. The first-order chi connectivity index (χ1) is 9.25. The largest absolute Gasteiger partial charge is 0.432 e. The minimum atomic E-state index is -4.67. The van der Waals surface area contributed by atoms with Crippen LogP contribution in [-0.2, 0) is 4.79 Å². The fraction of sp³-hybridized carbons (Fsp3) is 0.400. The monoisotopic (exact) mass is 345 g/mol. The van der Waals surface area contributed by atoms with Crippen molar-refractivity contribution in [2.45, 2.75) is 18.6 Å². The van der Waals surface area contributed by atoms with Gasteiger partial charge in [0, 0.05) is 6.20 Å². The van der Waals surface area contributed by atoms with E-state index in [1.165, 1.54) is 23.5 Å². The number of halogens is 4. The van der Waals surface area contributed by atoms with E-state index in [9.17, 15) is 18.0 Å². The Bertz CT molecular complexity index is 465. The lowest BCUT2D eigenvalue weighted by Gasteiger charge is -2.11. The van der Waals surface area contributed by atoms with E-state index in [4.69, 9.17) is 17.0 Å². The quantitative estimate of drug-likeness (QED) is 0.510. The van der Waals surface area contributed by atoms with Gasteiger partial charge in [0.05, 0.1) is 4.24 Å². The molecule has 112 valence electrons. The van der Waals surface area contributed by atoms with E-state index in [2.05, 4.69) is 10.6 Å². The number of hydrogen-bond donors (Lipinski definition) is 3. The fourth-order valence-electron chi connectivity index (χ4n) is 1.15. The van der Waals surface area contributed by atoms with Crippen molar-refractivity contribution in [3.63, 3.8) is 0 Å². The third kappa shape index (κ3) is 4.95. The van der Waals surface area contributed by atoms with Crippen molar-refractivity contribution in [1.29, 1.82) is 5.41 Å². The summed E-state index contributed by atoms with van der Waals surface area (Å²) in [6, 6.07) is 0. The molecule has 0 saturated carbocycles. The summed E-state index contributed by atoms with van der Waals surface area (Å²) in [5.74, 6) is 0.735. The zero-order valence-electron chi connectivity index (χ0n) is 10.2. The van der Waals surface area contributed by atoms with Gasteiger partial charge in [0.2, 0.25) is 0 Å². The van der Waals surface area contributed by atoms with Crippen molar-refractivity contribution in [3.05, 3.63) is 22.2 Å². The van der Waals surface area contributed by atoms with Crippen LogP contribution in [0.1, 0.15) is 6.92 Å². The van der Waals surface area contributed by atoms with Gasteiger partial charge < -0.3 is 10.6 Å². The van der Waals surface area contributed by atoms with E-state index in [1.54, 1.807) is 0 Å². The van der Waals surface area contributed by atoms with E-state index < -0.39 is 22.6 Å². The van der Waals surface area contributed by atoms with Gasteiger partial charge in [-0.1, -0.05) is 18.7 Å². The molecule has 0 amide bonds. The predicted octanol–water partition coefficient (Wildman–Crippen LogP) is 2.98. The third-order valence-electron chi connectivity index (χ3n) is 1.98. The van der Waals surface area contributed by atoms with Crippen molar-refractivity contribution in [1.82, 2.24) is 10.6 Å². The Balaban J connectivity index is 2.56. The molecule has 1 rings (SSSR count). The van der Waals surface area contributed by atoms with Crippen LogP contribution in [0.15, 0.2) is 22.2 Å². The smallest absolute Gasteiger partial charge is 0.363 e. The summed E-state index contributed by atoms with van der Waals surface area (Å²) in [5.41, 5.74) is -1.72. The van der Waals surface area contributed by atoms with Crippen molar-refractivity contribution < 1.29 is 18.0 Å². The number of thioether (sulfide) groups is 2. The van der Waals surface area contributed by atoms with Crippen molar-refractivity contribution in [2.75, 3.05) is 5.75 Å². The topological polar surface area (TPSA) is 65.0 Å². The van der Waals surface area contributed by atoms with Crippen LogP contribution in [0.4, 0.5) is 13.2 Å². The van der Waals surface area contributed by atoms with Crippen LogP contribution in [0.3, 0.4) is 0 Å². The Morgan fingerprint density at radius 3 is 2.80 bits per heavy atom. The molecule has 0 fully saturated rings. The molecule has 3 N–H and O–H groups in total. The van der Waals surface area contributed by atoms with Crippen LogP contribution >= 0.6 is 35.1 Å². The lowest BCUT2D eigenvalue weighted by molar-refractivity contribution is -0.108. The summed E-state index contributed by atoms with van der Waals surface area (Å²) in [7, 11) is 0. The first-order valence-electron chi connectivity index (χ1n) is 5.34. The highest BCUT2D eigenvalue weighted by molar-refractivity contribution is 8.22. The highest BCUT2D eigenvalue weighted by atomic mass is 35.5. The van der Waals surface area contributed by atoms with Crippen LogP contribution < -0.4 is 10.6 Å². The lowest BCUT2D eigenvalue weighted by atomic mass is 10.3. The van der Waals surface area contributed by atoms with Gasteiger partial charge in [-0.2, -0.15) is 13.2 Å². The molecule has 0 aliphatic carbocycles. The van der Waals surface area contributed by atoms with Gasteiger partial charge >= 0.3 is 6.18 Å². The minimum absolute atomic E-state index is 0.236. The molecule has 0 aromatic carbocycles. The Kier molecular flexibility index (Phi) is 6.28. The second-order valence-electron chi connectivity index (χ2n) is 3.42. The van der Waals surface area contributed by atoms with Crippen LogP contribution in [-0.4, -0.2) is 28.4 Å². The maximum Gasteiger partial charge on any atom is 0.432 e. The number of hydrogen-bond acceptors (Lipinski definition) is 6. The summed E-state index contributed by atoms with van der Waals surface area (Å²) >= 11 is 8.06. The molecule has 0 aromatic heterocycles. The molecular weight excluding hydrogens is 335 g/mol. The van der Waals surface area contributed by atoms with E-state index in [0.29, 0.717) is 10.3 Å². The molecular formula is C10H11ClF3N3OS2. The van der Waals surface area contributed by atoms with Gasteiger partial charge in [0.15, 0.2) is 5.50 Å². The van der Waals surface area contributed by atoms with Gasteiger partial charge in [-0.15, -0.1) is 11.8 Å². The number of alkyl halides is 3. The zero-order chi connectivity index (χ0) is 15.3. The Morgan fingerprint density at radius 1 is 1.65 bits per heavy atom. The van der Waals surface area contributed by atoms with Gasteiger partial charge in [-0.25, -0.2) is 0 Å². The van der Waals surface area contributed by atoms with Gasteiger partial charge in [-0.05, 0) is 23.4 Å². The number of nitrogens with one attached hydrogen (secondary N) is 3. The molecule has 1 aliphatic rings. The second-order valence-corrected chi connectivity index (χ2v) is 6.41. The standard InChI is InChI=1S/C10H11ClF3N3OS2/c1-2-19-8-6(7(11)18)17-9(20-8)16-4-3-5(15)10(12,13)14/h3-4,9,15-17H,2H2,1H3/b4-3-,15-5?. The lowest BCUT2D eigenvalue weighted by Crippen LogP contribution is -2.33. The average Bonchev–Trinajstić information content (AvgIpc) is 2.71. The first-order valence-corrected chi connectivity index (χ1v) is 7.58. The summed E-state index contributed by atoms with van der Waals surface area (Å²) in [5, 5.41) is 11.5. The zero-order valence-corrected chi connectivity index (χ0v) is 12.6. The number of carbonyl (C=O) groups excluding carboxylic acids is 1. The molecule has 1 atom stereocenters. The highest BCUT2D eigenvalue weighted by Crippen LogP contribution is 2.38. The molecule has 0 spiro atoms. The van der Waals surface area contributed by atoms with Crippen LogP contribution in [0, 0.1) is 5.41 Å². The van der Waals surface area contributed by atoms with Crippen molar-refractivity contribution in [3.8, 4) is 0 Å². The van der Waals surface area contributed by atoms with Crippen molar-refractivity contribution in [2.24, 2.45) is 0 Å². The molecule has 1 aliphatic heterocycles. The van der Waals surface area contributed by atoms with Gasteiger partial charge in [0.25, 0.3) is 5.24 Å². The van der Waals surface area contributed by atoms with E-state index in [0.717, 1.165) is 12.0 Å². The first kappa shape index (κ1) is 17.3. The average molecular weight is 346 g/mol. The SMILES string of the molecule is CCSC1=C(C(=O)Cl)NC(N/C=C\C(=N)C(F)(F)F)S1. The molecule has 20 heavy (non-hydrogen) atoms. The van der Waals surface area contributed by atoms with E-state index in [1.807, 2.05) is 6.92 Å². The number of rotatable bonds is 6. The molecule has 1 heterocycles. The molecule has 0 bridgehead atoms. The highest BCUT2D eigenvalue weighted by Gasteiger charge is 2.32.